The minimum absolute atomic E-state index is 0.259. The second-order valence-electron chi connectivity index (χ2n) is 6.10. The number of hydrogen-bond donors (Lipinski definition) is 1. The lowest BCUT2D eigenvalue weighted by Crippen LogP contribution is -2.52. The number of fused-ring (bicyclic) bond motifs is 1. The minimum Gasteiger partial charge on any atom is -0.427 e. The molecule has 1 N–H and O–H groups in total. The SMILES string of the molecule is O=C(c1ccccc1Cl)N1N=Cc2cc(-c3cccc(F)c3)ccc2B1O. The van der Waals surface area contributed by atoms with Crippen LogP contribution in [0.25, 0.3) is 11.1 Å². The molecular weight excluding hydrogens is 365 g/mol. The Hall–Kier alpha value is -2.96. The summed E-state index contributed by atoms with van der Waals surface area (Å²) in [6.07, 6.45) is 1.50. The van der Waals surface area contributed by atoms with Gasteiger partial charge in [-0.05, 0) is 52.5 Å². The second kappa shape index (κ2) is 6.98. The van der Waals surface area contributed by atoms with Gasteiger partial charge in [0.1, 0.15) is 5.82 Å². The van der Waals surface area contributed by atoms with Crippen molar-refractivity contribution in [3.05, 3.63) is 88.7 Å². The summed E-state index contributed by atoms with van der Waals surface area (Å²) in [5, 5.41) is 15.0. The molecule has 1 aliphatic rings. The molecule has 1 amide bonds. The van der Waals surface area contributed by atoms with Crippen LogP contribution in [0.15, 0.2) is 71.8 Å². The molecule has 0 fully saturated rings. The molecule has 0 unspecified atom stereocenters. The number of nitrogens with zero attached hydrogens (tertiary/aromatic N) is 2. The maximum Gasteiger partial charge on any atom is 0.474 e. The molecular formula is C20H13BClFN2O2. The molecule has 27 heavy (non-hydrogen) atoms. The van der Waals surface area contributed by atoms with E-state index < -0.39 is 13.0 Å². The quantitative estimate of drug-likeness (QED) is 0.696. The first-order chi connectivity index (χ1) is 13.0. The molecule has 0 saturated heterocycles. The Morgan fingerprint density at radius 2 is 1.81 bits per heavy atom. The van der Waals surface area contributed by atoms with Crippen LogP contribution in [0.2, 0.25) is 5.02 Å². The van der Waals surface area contributed by atoms with Gasteiger partial charge in [-0.15, -0.1) is 0 Å². The number of benzene rings is 3. The molecule has 0 aromatic heterocycles. The molecule has 0 atom stereocenters. The molecule has 0 spiro atoms. The van der Waals surface area contributed by atoms with E-state index in [1.807, 2.05) is 0 Å². The third-order valence-corrected chi connectivity index (χ3v) is 4.72. The van der Waals surface area contributed by atoms with Crippen molar-refractivity contribution in [2.75, 3.05) is 0 Å². The topological polar surface area (TPSA) is 52.9 Å². The summed E-state index contributed by atoms with van der Waals surface area (Å²) in [4.78, 5) is 13.7. The van der Waals surface area contributed by atoms with Gasteiger partial charge in [0.2, 0.25) is 0 Å². The molecule has 1 heterocycles. The van der Waals surface area contributed by atoms with Crippen molar-refractivity contribution in [2.24, 2.45) is 5.10 Å². The molecule has 0 radical (unpaired) electrons. The summed E-state index contributed by atoms with van der Waals surface area (Å²) in [5.41, 5.74) is 2.96. The molecule has 4 nitrogen and oxygen atoms in total. The first-order valence-electron chi connectivity index (χ1n) is 8.24. The zero-order valence-corrected chi connectivity index (χ0v) is 14.8. The predicted octanol–water partition coefficient (Wildman–Crippen LogP) is 3.32. The van der Waals surface area contributed by atoms with Gasteiger partial charge in [0.25, 0.3) is 5.91 Å². The summed E-state index contributed by atoms with van der Waals surface area (Å²) in [6.45, 7) is 0. The molecule has 3 aromatic carbocycles. The van der Waals surface area contributed by atoms with Crippen LogP contribution in [0.1, 0.15) is 15.9 Å². The van der Waals surface area contributed by atoms with E-state index in [4.69, 9.17) is 11.6 Å². The van der Waals surface area contributed by atoms with E-state index >= 15 is 0 Å². The highest BCUT2D eigenvalue weighted by Gasteiger charge is 2.34. The van der Waals surface area contributed by atoms with E-state index in [1.165, 1.54) is 18.3 Å². The number of carbonyl (C=O) groups excluding carboxylic acids is 1. The third-order valence-electron chi connectivity index (χ3n) is 4.39. The Labute approximate surface area is 160 Å². The summed E-state index contributed by atoms with van der Waals surface area (Å²) in [7, 11) is -1.24. The van der Waals surface area contributed by atoms with Gasteiger partial charge >= 0.3 is 7.05 Å². The van der Waals surface area contributed by atoms with Gasteiger partial charge < -0.3 is 5.02 Å². The van der Waals surface area contributed by atoms with E-state index in [0.717, 1.165) is 16.0 Å². The standard InChI is InChI=1S/C20H13BClFN2O2/c22-19-7-2-1-6-17(19)20(26)25-21(27)18-9-8-14(10-15(18)12-24-25)13-4-3-5-16(23)11-13/h1-12,27H. The van der Waals surface area contributed by atoms with Crippen LogP contribution in [-0.4, -0.2) is 29.1 Å². The highest BCUT2D eigenvalue weighted by atomic mass is 35.5. The van der Waals surface area contributed by atoms with Crippen LogP contribution in [0.5, 0.6) is 0 Å². The zero-order chi connectivity index (χ0) is 19.0. The predicted molar refractivity (Wildman–Crippen MR) is 105 cm³/mol. The van der Waals surface area contributed by atoms with Gasteiger partial charge in [-0.2, -0.15) is 5.10 Å². The fourth-order valence-electron chi connectivity index (χ4n) is 3.01. The van der Waals surface area contributed by atoms with Crippen molar-refractivity contribution in [2.45, 2.75) is 0 Å². The van der Waals surface area contributed by atoms with Gasteiger partial charge in [-0.25, -0.2) is 9.31 Å². The lowest BCUT2D eigenvalue weighted by Gasteiger charge is -2.25. The highest BCUT2D eigenvalue weighted by Crippen LogP contribution is 2.23. The minimum atomic E-state index is -1.24. The van der Waals surface area contributed by atoms with Gasteiger partial charge in [0.15, 0.2) is 0 Å². The molecule has 4 rings (SSSR count). The van der Waals surface area contributed by atoms with E-state index in [2.05, 4.69) is 5.10 Å². The average Bonchev–Trinajstić information content (AvgIpc) is 2.68. The van der Waals surface area contributed by atoms with Crippen LogP contribution in [0.3, 0.4) is 0 Å². The number of rotatable bonds is 2. The molecule has 0 bridgehead atoms. The fourth-order valence-corrected chi connectivity index (χ4v) is 3.23. The normalized spacial score (nSPS) is 12.9. The summed E-state index contributed by atoms with van der Waals surface area (Å²) < 4.78 is 13.5. The Morgan fingerprint density at radius 3 is 2.59 bits per heavy atom. The van der Waals surface area contributed by atoms with Crippen molar-refractivity contribution in [1.82, 2.24) is 4.92 Å². The molecule has 0 aliphatic carbocycles. The average molecular weight is 379 g/mol. The number of hydrazone groups is 1. The van der Waals surface area contributed by atoms with Crippen molar-refractivity contribution in [3.63, 3.8) is 0 Å². The number of carbonyl (C=O) groups is 1. The molecule has 7 heteroatoms. The van der Waals surface area contributed by atoms with Crippen molar-refractivity contribution in [3.8, 4) is 11.1 Å². The lowest BCUT2D eigenvalue weighted by molar-refractivity contribution is 0.0846. The number of halogens is 2. The molecule has 1 aliphatic heterocycles. The Morgan fingerprint density at radius 1 is 1.04 bits per heavy atom. The van der Waals surface area contributed by atoms with Gasteiger partial charge in [0.05, 0.1) is 16.8 Å². The van der Waals surface area contributed by atoms with E-state index in [9.17, 15) is 14.2 Å². The summed E-state index contributed by atoms with van der Waals surface area (Å²) in [6, 6.07) is 18.1. The van der Waals surface area contributed by atoms with Gasteiger partial charge in [-0.3, -0.25) is 4.79 Å². The van der Waals surface area contributed by atoms with Gasteiger partial charge in [0, 0.05) is 0 Å². The Bertz CT molecular complexity index is 1070. The van der Waals surface area contributed by atoms with E-state index in [1.54, 1.807) is 54.6 Å². The van der Waals surface area contributed by atoms with Crippen molar-refractivity contribution in [1.29, 1.82) is 0 Å². The van der Waals surface area contributed by atoms with E-state index in [0.29, 0.717) is 11.0 Å². The fraction of sp³-hybridized carbons (Fsp3) is 0. The van der Waals surface area contributed by atoms with Crippen LogP contribution in [0, 0.1) is 5.82 Å². The van der Waals surface area contributed by atoms with Crippen LogP contribution in [0.4, 0.5) is 4.39 Å². The molecule has 132 valence electrons. The van der Waals surface area contributed by atoms with Crippen molar-refractivity contribution < 1.29 is 14.2 Å². The Kier molecular flexibility index (Phi) is 4.52. The van der Waals surface area contributed by atoms with Crippen LogP contribution >= 0.6 is 11.6 Å². The van der Waals surface area contributed by atoms with E-state index in [-0.39, 0.29) is 16.4 Å². The summed E-state index contributed by atoms with van der Waals surface area (Å²) >= 11 is 6.08. The van der Waals surface area contributed by atoms with Gasteiger partial charge in [-0.1, -0.05) is 48.0 Å². The first kappa shape index (κ1) is 17.5. The van der Waals surface area contributed by atoms with Crippen LogP contribution < -0.4 is 5.46 Å². The lowest BCUT2D eigenvalue weighted by atomic mass is 9.69. The van der Waals surface area contributed by atoms with Crippen molar-refractivity contribution >= 4 is 36.2 Å². The van der Waals surface area contributed by atoms with Crippen LogP contribution in [-0.2, 0) is 0 Å². The number of hydrogen-bond acceptors (Lipinski definition) is 3. The monoisotopic (exact) mass is 378 g/mol. The third kappa shape index (κ3) is 3.25. The highest BCUT2D eigenvalue weighted by molar-refractivity contribution is 6.68. The molecule has 0 saturated carbocycles. The second-order valence-corrected chi connectivity index (χ2v) is 6.51. The maximum absolute atomic E-state index is 13.5. The largest absolute Gasteiger partial charge is 0.474 e. The Balaban J connectivity index is 1.67. The first-order valence-corrected chi connectivity index (χ1v) is 8.62. The maximum atomic E-state index is 13.5. The number of amides is 1. The zero-order valence-electron chi connectivity index (χ0n) is 14.0. The summed E-state index contributed by atoms with van der Waals surface area (Å²) in [5.74, 6) is -0.820. The molecule has 3 aromatic rings. The smallest absolute Gasteiger partial charge is 0.427 e.